The lowest BCUT2D eigenvalue weighted by Crippen LogP contribution is -2.49. The minimum atomic E-state index is -0.464. The summed E-state index contributed by atoms with van der Waals surface area (Å²) in [5.74, 6) is -0.704. The van der Waals surface area contributed by atoms with Gasteiger partial charge in [0.05, 0.1) is 0 Å². The number of likely N-dealkylation sites (tertiary alicyclic amines) is 1. The van der Waals surface area contributed by atoms with Crippen LogP contribution >= 0.6 is 0 Å². The van der Waals surface area contributed by atoms with Crippen LogP contribution in [0.2, 0.25) is 0 Å². The minimum absolute atomic E-state index is 0.00158. The quantitative estimate of drug-likeness (QED) is 0.415. The number of nitrogens with one attached hydrogen (secondary N) is 1. The molecule has 0 unspecified atom stereocenters. The first-order valence-electron chi connectivity index (χ1n) is 12.7. The summed E-state index contributed by atoms with van der Waals surface area (Å²) in [6, 6.07) is 26.4. The van der Waals surface area contributed by atoms with Crippen molar-refractivity contribution in [3.8, 4) is 11.1 Å². The lowest BCUT2D eigenvalue weighted by atomic mass is 9.83. The second kappa shape index (κ2) is 9.74. The molecule has 2 atom stereocenters. The van der Waals surface area contributed by atoms with Gasteiger partial charge in [-0.25, -0.2) is 4.39 Å². The van der Waals surface area contributed by atoms with Crippen molar-refractivity contribution in [2.24, 2.45) is 5.92 Å². The second-order valence-electron chi connectivity index (χ2n) is 10.0. The van der Waals surface area contributed by atoms with Crippen molar-refractivity contribution in [1.82, 2.24) is 9.47 Å². The standard InChI is InChI=1S/C31H26FN3O3/c32-26-12-10-23(11-13-26)29(36)33-27-14-15-28-25-16-20(18-35(28)31(27)38)17-34(19-25)30(37)24-8-6-22(7-9-24)21-4-2-1-3-5-21/h1-15,20,25H,16-19H2,(H,33,36)/t20-,25+/m0/s1. The van der Waals surface area contributed by atoms with Gasteiger partial charge in [-0.1, -0.05) is 42.5 Å². The maximum atomic E-state index is 13.4. The maximum Gasteiger partial charge on any atom is 0.274 e. The van der Waals surface area contributed by atoms with E-state index >= 15 is 0 Å². The highest BCUT2D eigenvalue weighted by molar-refractivity contribution is 6.04. The Bertz CT molecular complexity index is 1560. The van der Waals surface area contributed by atoms with E-state index in [0.29, 0.717) is 25.2 Å². The summed E-state index contributed by atoms with van der Waals surface area (Å²) in [5, 5.41) is 2.67. The average molecular weight is 508 g/mol. The molecule has 0 saturated carbocycles. The van der Waals surface area contributed by atoms with Gasteiger partial charge in [-0.3, -0.25) is 14.4 Å². The van der Waals surface area contributed by atoms with E-state index in [2.05, 4.69) is 5.32 Å². The number of fused-ring (bicyclic) bond motifs is 4. The van der Waals surface area contributed by atoms with Gasteiger partial charge in [0.1, 0.15) is 11.5 Å². The van der Waals surface area contributed by atoms with Crippen LogP contribution in [-0.4, -0.2) is 34.4 Å². The molecule has 0 spiro atoms. The molecule has 190 valence electrons. The Kier molecular flexibility index (Phi) is 6.12. The summed E-state index contributed by atoms with van der Waals surface area (Å²) < 4.78 is 14.9. The zero-order chi connectivity index (χ0) is 26.2. The molecule has 1 saturated heterocycles. The number of carbonyl (C=O) groups is 2. The van der Waals surface area contributed by atoms with Gasteiger partial charge in [-0.05, 0) is 72.0 Å². The number of benzene rings is 3. The van der Waals surface area contributed by atoms with Crippen molar-refractivity contribution in [2.75, 3.05) is 18.4 Å². The number of hydrogen-bond acceptors (Lipinski definition) is 3. The van der Waals surface area contributed by atoms with Crippen molar-refractivity contribution in [2.45, 2.75) is 18.9 Å². The molecule has 6 rings (SSSR count). The van der Waals surface area contributed by atoms with Crippen LogP contribution in [0.15, 0.2) is 95.8 Å². The van der Waals surface area contributed by atoms with Crippen LogP contribution in [0.4, 0.5) is 10.1 Å². The summed E-state index contributed by atoms with van der Waals surface area (Å²) in [6.07, 6.45) is 0.914. The number of piperidine rings is 1. The molecule has 1 N–H and O–H groups in total. The minimum Gasteiger partial charge on any atom is -0.338 e. The fourth-order valence-electron chi connectivity index (χ4n) is 5.62. The van der Waals surface area contributed by atoms with Crippen molar-refractivity contribution < 1.29 is 14.0 Å². The number of carbonyl (C=O) groups excluding carboxylic acids is 2. The van der Waals surface area contributed by atoms with Gasteiger partial charge in [0, 0.05) is 42.4 Å². The van der Waals surface area contributed by atoms with Gasteiger partial charge in [-0.2, -0.15) is 0 Å². The first-order valence-corrected chi connectivity index (χ1v) is 12.7. The zero-order valence-corrected chi connectivity index (χ0v) is 20.6. The van der Waals surface area contributed by atoms with Crippen LogP contribution in [0.3, 0.4) is 0 Å². The highest BCUT2D eigenvalue weighted by Crippen LogP contribution is 2.36. The van der Waals surface area contributed by atoms with Gasteiger partial charge < -0.3 is 14.8 Å². The summed E-state index contributed by atoms with van der Waals surface area (Å²) in [6.45, 7) is 1.60. The normalized spacial score (nSPS) is 18.0. The van der Waals surface area contributed by atoms with E-state index in [9.17, 15) is 18.8 Å². The highest BCUT2D eigenvalue weighted by atomic mass is 19.1. The van der Waals surface area contributed by atoms with Crippen LogP contribution < -0.4 is 10.9 Å². The van der Waals surface area contributed by atoms with E-state index in [1.165, 1.54) is 24.3 Å². The Morgan fingerprint density at radius 3 is 2.18 bits per heavy atom. The predicted molar refractivity (Wildman–Crippen MR) is 144 cm³/mol. The first kappa shape index (κ1) is 23.9. The van der Waals surface area contributed by atoms with Gasteiger partial charge in [0.15, 0.2) is 0 Å². The smallest absolute Gasteiger partial charge is 0.274 e. The van der Waals surface area contributed by atoms with Crippen LogP contribution in [0, 0.1) is 11.7 Å². The van der Waals surface area contributed by atoms with E-state index in [1.54, 1.807) is 10.6 Å². The van der Waals surface area contributed by atoms with Gasteiger partial charge in [-0.15, -0.1) is 0 Å². The molecule has 38 heavy (non-hydrogen) atoms. The SMILES string of the molecule is O=C(Nc1ccc2n(c1=O)C[C@H]1C[C@@H]2CN(C(=O)c2ccc(-c3ccccc3)cc2)C1)c1ccc(F)cc1. The van der Waals surface area contributed by atoms with Crippen molar-refractivity contribution in [1.29, 1.82) is 0 Å². The number of hydrogen-bond donors (Lipinski definition) is 1. The van der Waals surface area contributed by atoms with E-state index < -0.39 is 11.7 Å². The molecule has 7 heteroatoms. The largest absolute Gasteiger partial charge is 0.338 e. The molecule has 3 heterocycles. The van der Waals surface area contributed by atoms with Crippen molar-refractivity contribution in [3.63, 3.8) is 0 Å². The third-order valence-corrected chi connectivity index (χ3v) is 7.49. The molecule has 6 nitrogen and oxygen atoms in total. The molecule has 2 aliphatic heterocycles. The fraction of sp³-hybridized carbons (Fsp3) is 0.194. The summed E-state index contributed by atoms with van der Waals surface area (Å²) in [7, 11) is 0. The number of pyridine rings is 1. The molecule has 1 fully saturated rings. The van der Waals surface area contributed by atoms with Gasteiger partial charge in [0.25, 0.3) is 17.4 Å². The third-order valence-electron chi connectivity index (χ3n) is 7.49. The van der Waals surface area contributed by atoms with Crippen LogP contribution in [-0.2, 0) is 6.54 Å². The summed E-state index contributed by atoms with van der Waals surface area (Å²) in [5.41, 5.74) is 3.90. The molecule has 2 aliphatic rings. The van der Waals surface area contributed by atoms with Crippen molar-refractivity contribution in [3.05, 3.63) is 124 Å². The number of halogens is 1. The molecular weight excluding hydrogens is 481 g/mol. The van der Waals surface area contributed by atoms with E-state index in [-0.39, 0.29) is 34.6 Å². The Balaban J connectivity index is 1.19. The topological polar surface area (TPSA) is 71.4 Å². The maximum absolute atomic E-state index is 13.4. The average Bonchev–Trinajstić information content (AvgIpc) is 2.95. The molecule has 2 amide bonds. The number of rotatable bonds is 4. The van der Waals surface area contributed by atoms with E-state index in [4.69, 9.17) is 0 Å². The molecular formula is C31H26FN3O3. The Hall–Kier alpha value is -4.52. The Labute approximate surface area is 219 Å². The van der Waals surface area contributed by atoms with Crippen molar-refractivity contribution >= 4 is 17.5 Å². The first-order chi connectivity index (χ1) is 18.5. The molecule has 4 aromatic rings. The lowest BCUT2D eigenvalue weighted by Gasteiger charge is -2.43. The van der Waals surface area contributed by atoms with E-state index in [1.807, 2.05) is 65.6 Å². The zero-order valence-electron chi connectivity index (χ0n) is 20.6. The fourth-order valence-corrected chi connectivity index (χ4v) is 5.62. The second-order valence-corrected chi connectivity index (χ2v) is 10.0. The summed E-state index contributed by atoms with van der Waals surface area (Å²) >= 11 is 0. The Morgan fingerprint density at radius 1 is 0.763 bits per heavy atom. The third kappa shape index (κ3) is 4.52. The number of aromatic nitrogens is 1. The predicted octanol–water partition coefficient (Wildman–Crippen LogP) is 5.17. The molecule has 0 radical (unpaired) electrons. The number of anilines is 1. The highest BCUT2D eigenvalue weighted by Gasteiger charge is 2.37. The number of amides is 2. The number of nitrogens with zero attached hydrogens (tertiary/aromatic N) is 2. The van der Waals surface area contributed by atoms with Crippen LogP contribution in [0.5, 0.6) is 0 Å². The summed E-state index contributed by atoms with van der Waals surface area (Å²) in [4.78, 5) is 41.1. The van der Waals surface area contributed by atoms with Crippen LogP contribution in [0.1, 0.15) is 38.7 Å². The molecule has 2 bridgehead atoms. The molecule has 3 aromatic carbocycles. The lowest BCUT2D eigenvalue weighted by molar-refractivity contribution is 0.0594. The molecule has 0 aliphatic carbocycles. The Morgan fingerprint density at radius 2 is 1.45 bits per heavy atom. The van der Waals surface area contributed by atoms with Gasteiger partial charge in [0.2, 0.25) is 0 Å². The van der Waals surface area contributed by atoms with Crippen LogP contribution in [0.25, 0.3) is 11.1 Å². The molecule has 1 aromatic heterocycles. The van der Waals surface area contributed by atoms with Gasteiger partial charge >= 0.3 is 0 Å². The van der Waals surface area contributed by atoms with E-state index in [0.717, 1.165) is 23.2 Å². The monoisotopic (exact) mass is 507 g/mol.